The van der Waals surface area contributed by atoms with Crippen LogP contribution in [0.2, 0.25) is 0 Å². The summed E-state index contributed by atoms with van der Waals surface area (Å²) in [6, 6.07) is 4.07. The zero-order valence-electron chi connectivity index (χ0n) is 13.5. The van der Waals surface area contributed by atoms with Crippen LogP contribution in [-0.4, -0.2) is 52.8 Å². The lowest BCUT2D eigenvalue weighted by Crippen LogP contribution is -2.38. The fourth-order valence-electron chi connectivity index (χ4n) is 2.02. The predicted octanol–water partition coefficient (Wildman–Crippen LogP) is 2.39. The maximum Gasteiger partial charge on any atom is 0.322 e. The van der Waals surface area contributed by atoms with E-state index in [4.69, 9.17) is 0 Å². The molecule has 120 valence electrons. The summed E-state index contributed by atoms with van der Waals surface area (Å²) in [5, 5.41) is 6.97. The Hall–Kier alpha value is -1.86. The average molecular weight is 321 g/mol. The molecular weight excluding hydrogens is 298 g/mol. The lowest BCUT2D eigenvalue weighted by Gasteiger charge is -2.24. The average Bonchev–Trinajstić information content (AvgIpc) is 3.03. The van der Waals surface area contributed by atoms with E-state index in [0.29, 0.717) is 18.8 Å². The minimum atomic E-state index is -0.0964. The van der Waals surface area contributed by atoms with Crippen LogP contribution in [0.25, 0.3) is 0 Å². The highest BCUT2D eigenvalue weighted by molar-refractivity contribution is 7.11. The molecule has 1 N–H and O–H groups in total. The van der Waals surface area contributed by atoms with Crippen molar-refractivity contribution in [3.8, 4) is 0 Å². The molecule has 7 heteroatoms. The Kier molecular flexibility index (Phi) is 5.57. The van der Waals surface area contributed by atoms with Gasteiger partial charge in [0.1, 0.15) is 0 Å². The van der Waals surface area contributed by atoms with Gasteiger partial charge in [0.15, 0.2) is 0 Å². The molecule has 2 aromatic rings. The first kappa shape index (κ1) is 16.5. The van der Waals surface area contributed by atoms with Crippen molar-refractivity contribution >= 4 is 23.1 Å². The highest BCUT2D eigenvalue weighted by atomic mass is 32.1. The van der Waals surface area contributed by atoms with Gasteiger partial charge >= 0.3 is 6.03 Å². The van der Waals surface area contributed by atoms with Crippen LogP contribution in [0, 0.1) is 6.92 Å². The van der Waals surface area contributed by atoms with Crippen LogP contribution < -0.4 is 5.32 Å². The van der Waals surface area contributed by atoms with Gasteiger partial charge in [-0.2, -0.15) is 5.10 Å². The molecule has 0 spiro atoms. The van der Waals surface area contributed by atoms with Gasteiger partial charge in [0.2, 0.25) is 0 Å². The molecule has 0 saturated heterocycles. The Balaban J connectivity index is 2.03. The molecule has 0 aliphatic rings. The van der Waals surface area contributed by atoms with E-state index < -0.39 is 0 Å². The molecule has 0 saturated carbocycles. The summed E-state index contributed by atoms with van der Waals surface area (Å²) in [5.41, 5.74) is 0.713. The lowest BCUT2D eigenvalue weighted by molar-refractivity contribution is 0.203. The van der Waals surface area contributed by atoms with Crippen molar-refractivity contribution in [2.75, 3.05) is 32.5 Å². The summed E-state index contributed by atoms with van der Waals surface area (Å²) in [6.07, 6.45) is 3.44. The number of hydrogen-bond donors (Lipinski definition) is 1. The van der Waals surface area contributed by atoms with Gasteiger partial charge in [-0.1, -0.05) is 0 Å². The van der Waals surface area contributed by atoms with E-state index in [0.717, 1.165) is 6.54 Å². The van der Waals surface area contributed by atoms with Crippen molar-refractivity contribution in [2.24, 2.45) is 7.05 Å². The lowest BCUT2D eigenvalue weighted by atomic mass is 10.4. The summed E-state index contributed by atoms with van der Waals surface area (Å²) in [4.78, 5) is 18.9. The number of thiophene rings is 1. The maximum absolute atomic E-state index is 12.5. The van der Waals surface area contributed by atoms with E-state index in [1.807, 2.05) is 26.0 Å². The minimum absolute atomic E-state index is 0.0964. The van der Waals surface area contributed by atoms with E-state index in [1.54, 1.807) is 28.4 Å². The second kappa shape index (κ2) is 7.42. The first-order valence-corrected chi connectivity index (χ1v) is 8.00. The number of aryl methyl sites for hydroxylation is 2. The van der Waals surface area contributed by atoms with Crippen molar-refractivity contribution in [1.29, 1.82) is 0 Å². The van der Waals surface area contributed by atoms with E-state index in [2.05, 4.69) is 34.4 Å². The molecule has 0 atom stereocenters. The number of urea groups is 1. The largest absolute Gasteiger partial charge is 0.322 e. The highest BCUT2D eigenvalue weighted by Crippen LogP contribution is 2.18. The van der Waals surface area contributed by atoms with Gasteiger partial charge in [-0.05, 0) is 33.2 Å². The Bertz CT molecular complexity index is 619. The van der Waals surface area contributed by atoms with Gasteiger partial charge in [-0.25, -0.2) is 4.79 Å². The van der Waals surface area contributed by atoms with Crippen molar-refractivity contribution in [1.82, 2.24) is 19.6 Å². The fourth-order valence-corrected chi connectivity index (χ4v) is 2.93. The molecule has 0 aliphatic heterocycles. The van der Waals surface area contributed by atoms with Crippen molar-refractivity contribution in [3.05, 3.63) is 34.3 Å². The molecule has 0 unspecified atom stereocenters. The van der Waals surface area contributed by atoms with Crippen LogP contribution in [-0.2, 0) is 13.6 Å². The van der Waals surface area contributed by atoms with Gasteiger partial charge < -0.3 is 15.1 Å². The second-order valence-corrected chi connectivity index (χ2v) is 6.94. The standard InChI is InChI=1S/C15H23N5OS/c1-12-5-6-14(22-12)11-20(8-7-18(2)3)15(21)17-13-9-16-19(4)10-13/h5-6,9-10H,7-8,11H2,1-4H3,(H,17,21). The SMILES string of the molecule is Cc1ccc(CN(CCN(C)C)C(=O)Nc2cnn(C)c2)s1. The molecule has 2 heterocycles. The summed E-state index contributed by atoms with van der Waals surface area (Å²) in [7, 11) is 5.84. The molecule has 22 heavy (non-hydrogen) atoms. The van der Waals surface area contributed by atoms with Crippen LogP contribution >= 0.6 is 11.3 Å². The molecule has 0 aromatic carbocycles. The third kappa shape index (κ3) is 4.85. The van der Waals surface area contributed by atoms with Crippen LogP contribution in [0.4, 0.5) is 10.5 Å². The monoisotopic (exact) mass is 321 g/mol. The van der Waals surface area contributed by atoms with E-state index in [-0.39, 0.29) is 6.03 Å². The first-order valence-electron chi connectivity index (χ1n) is 7.18. The summed E-state index contributed by atoms with van der Waals surface area (Å²) < 4.78 is 1.67. The minimum Gasteiger partial charge on any atom is -0.318 e. The third-order valence-electron chi connectivity index (χ3n) is 3.20. The van der Waals surface area contributed by atoms with Gasteiger partial charge in [0, 0.05) is 36.1 Å². The molecule has 0 bridgehead atoms. The smallest absolute Gasteiger partial charge is 0.318 e. The van der Waals surface area contributed by atoms with Crippen LogP contribution in [0.1, 0.15) is 9.75 Å². The zero-order valence-corrected chi connectivity index (χ0v) is 14.4. The number of hydrogen-bond acceptors (Lipinski definition) is 4. The molecule has 0 radical (unpaired) electrons. The number of carbonyl (C=O) groups is 1. The highest BCUT2D eigenvalue weighted by Gasteiger charge is 2.16. The molecular formula is C15H23N5OS. The number of amides is 2. The molecule has 0 fully saturated rings. The van der Waals surface area contributed by atoms with Gasteiger partial charge in [0.25, 0.3) is 0 Å². The van der Waals surface area contributed by atoms with E-state index in [1.165, 1.54) is 9.75 Å². The molecule has 6 nitrogen and oxygen atoms in total. The first-order chi connectivity index (χ1) is 10.4. The number of aromatic nitrogens is 2. The van der Waals surface area contributed by atoms with Crippen molar-refractivity contribution < 1.29 is 4.79 Å². The summed E-state index contributed by atoms with van der Waals surface area (Å²) in [6.45, 7) is 4.20. The second-order valence-electron chi connectivity index (χ2n) is 5.57. The predicted molar refractivity (Wildman–Crippen MR) is 90.2 cm³/mol. The zero-order chi connectivity index (χ0) is 16.1. The number of carbonyl (C=O) groups excluding carboxylic acids is 1. The van der Waals surface area contributed by atoms with E-state index >= 15 is 0 Å². The Labute approximate surface area is 135 Å². The van der Waals surface area contributed by atoms with Crippen molar-refractivity contribution in [3.63, 3.8) is 0 Å². The Morgan fingerprint density at radius 3 is 2.68 bits per heavy atom. The molecule has 2 aromatic heterocycles. The topological polar surface area (TPSA) is 53.4 Å². The van der Waals surface area contributed by atoms with Crippen LogP contribution in [0.15, 0.2) is 24.5 Å². The van der Waals surface area contributed by atoms with Crippen molar-refractivity contribution in [2.45, 2.75) is 13.5 Å². The number of nitrogens with zero attached hydrogens (tertiary/aromatic N) is 4. The number of likely N-dealkylation sites (N-methyl/N-ethyl adjacent to an activating group) is 1. The van der Waals surface area contributed by atoms with Crippen LogP contribution in [0.5, 0.6) is 0 Å². The Morgan fingerprint density at radius 1 is 1.36 bits per heavy atom. The molecule has 0 aliphatic carbocycles. The van der Waals surface area contributed by atoms with Crippen LogP contribution in [0.3, 0.4) is 0 Å². The molecule has 2 amide bonds. The summed E-state index contributed by atoms with van der Waals surface area (Å²) in [5.74, 6) is 0. The number of rotatable bonds is 6. The molecule has 2 rings (SSSR count). The maximum atomic E-state index is 12.5. The number of anilines is 1. The van der Waals surface area contributed by atoms with Gasteiger partial charge in [0.05, 0.1) is 18.4 Å². The fraction of sp³-hybridized carbons (Fsp3) is 0.467. The number of nitrogens with one attached hydrogen (secondary N) is 1. The normalized spacial score (nSPS) is 11.0. The quantitative estimate of drug-likeness (QED) is 0.889. The van der Waals surface area contributed by atoms with E-state index in [9.17, 15) is 4.79 Å². The van der Waals surface area contributed by atoms with Gasteiger partial charge in [-0.3, -0.25) is 4.68 Å². The Morgan fingerprint density at radius 2 is 2.14 bits per heavy atom. The summed E-state index contributed by atoms with van der Waals surface area (Å²) >= 11 is 1.73. The van der Waals surface area contributed by atoms with Gasteiger partial charge in [-0.15, -0.1) is 11.3 Å². The third-order valence-corrected chi connectivity index (χ3v) is 4.19.